The van der Waals surface area contributed by atoms with Crippen molar-refractivity contribution < 1.29 is 9.90 Å². The first-order chi connectivity index (χ1) is 7.76. The number of aldehydes is 1. The molecule has 16 heavy (non-hydrogen) atoms. The van der Waals surface area contributed by atoms with E-state index in [4.69, 9.17) is 0 Å². The molecule has 1 aromatic rings. The van der Waals surface area contributed by atoms with Gasteiger partial charge < -0.3 is 10.0 Å². The van der Waals surface area contributed by atoms with Gasteiger partial charge in [0.15, 0.2) is 0 Å². The summed E-state index contributed by atoms with van der Waals surface area (Å²) in [4.78, 5) is 12.8. The Hall–Kier alpha value is -1.35. The summed E-state index contributed by atoms with van der Waals surface area (Å²) >= 11 is 0. The highest BCUT2D eigenvalue weighted by atomic mass is 16.3. The summed E-state index contributed by atoms with van der Waals surface area (Å²) in [5.74, 6) is 0.524. The molecule has 3 heteroatoms. The average Bonchev–Trinajstić information content (AvgIpc) is 2.70. The number of carbonyl (C=O) groups is 1. The molecule has 1 aliphatic heterocycles. The van der Waals surface area contributed by atoms with Crippen molar-refractivity contribution in [1.82, 2.24) is 0 Å². The smallest absolute Gasteiger partial charge is 0.150 e. The van der Waals surface area contributed by atoms with Gasteiger partial charge >= 0.3 is 0 Å². The second-order valence-electron chi connectivity index (χ2n) is 4.42. The molecule has 0 amide bonds. The van der Waals surface area contributed by atoms with Crippen LogP contribution in [0.5, 0.6) is 0 Å². The maximum absolute atomic E-state index is 10.6. The lowest BCUT2D eigenvalue weighted by Crippen LogP contribution is -2.35. The van der Waals surface area contributed by atoms with Crippen LogP contribution in [-0.4, -0.2) is 30.6 Å². The third-order valence-electron chi connectivity index (χ3n) is 3.43. The van der Waals surface area contributed by atoms with Gasteiger partial charge in [-0.3, -0.25) is 4.79 Å². The highest BCUT2D eigenvalue weighted by Gasteiger charge is 2.30. The number of rotatable bonds is 3. The summed E-state index contributed by atoms with van der Waals surface area (Å²) in [5, 5.41) is 9.37. The zero-order chi connectivity index (χ0) is 11.5. The lowest BCUT2D eigenvalue weighted by Gasteiger charge is -2.27. The van der Waals surface area contributed by atoms with Crippen LogP contribution >= 0.6 is 0 Å². The Labute approximate surface area is 95.7 Å². The molecule has 0 saturated carbocycles. The van der Waals surface area contributed by atoms with Crippen LogP contribution in [0.1, 0.15) is 23.7 Å². The minimum absolute atomic E-state index is 0.191. The minimum Gasteiger partial charge on any atom is -0.394 e. The van der Waals surface area contributed by atoms with Gasteiger partial charge in [-0.2, -0.15) is 0 Å². The van der Waals surface area contributed by atoms with Crippen LogP contribution < -0.4 is 4.90 Å². The van der Waals surface area contributed by atoms with E-state index < -0.39 is 0 Å². The molecule has 0 spiro atoms. The standard InChI is InChI=1S/C13H17NO2/c1-10-6-7-14(13(10)9-16)12-4-2-11(8-15)3-5-12/h2-5,8,10,13,16H,6-7,9H2,1H3. The lowest BCUT2D eigenvalue weighted by molar-refractivity contribution is 0.112. The number of benzene rings is 1. The van der Waals surface area contributed by atoms with Crippen molar-refractivity contribution in [3.63, 3.8) is 0 Å². The Balaban J connectivity index is 2.20. The molecule has 1 saturated heterocycles. The van der Waals surface area contributed by atoms with Crippen molar-refractivity contribution >= 4 is 12.0 Å². The molecule has 1 aromatic carbocycles. The monoisotopic (exact) mass is 219 g/mol. The van der Waals surface area contributed by atoms with Crippen molar-refractivity contribution in [2.45, 2.75) is 19.4 Å². The molecule has 2 rings (SSSR count). The summed E-state index contributed by atoms with van der Waals surface area (Å²) in [6.45, 7) is 3.34. The molecule has 3 nitrogen and oxygen atoms in total. The van der Waals surface area contributed by atoms with Gasteiger partial charge in [0.25, 0.3) is 0 Å². The van der Waals surface area contributed by atoms with E-state index in [-0.39, 0.29) is 12.6 Å². The fraction of sp³-hybridized carbons (Fsp3) is 0.462. The van der Waals surface area contributed by atoms with E-state index in [0.717, 1.165) is 24.9 Å². The predicted octanol–water partition coefficient (Wildman–Crippen LogP) is 1.71. The fourth-order valence-electron chi connectivity index (χ4n) is 2.35. The first-order valence-electron chi connectivity index (χ1n) is 5.69. The maximum atomic E-state index is 10.6. The second-order valence-corrected chi connectivity index (χ2v) is 4.42. The van der Waals surface area contributed by atoms with Gasteiger partial charge in [-0.15, -0.1) is 0 Å². The van der Waals surface area contributed by atoms with Crippen LogP contribution in [0, 0.1) is 5.92 Å². The molecule has 2 atom stereocenters. The SMILES string of the molecule is CC1CCN(c2ccc(C=O)cc2)C1CO. The quantitative estimate of drug-likeness (QED) is 0.787. The summed E-state index contributed by atoms with van der Waals surface area (Å²) in [6, 6.07) is 7.75. The molecule has 2 unspecified atom stereocenters. The van der Waals surface area contributed by atoms with Crippen molar-refractivity contribution in [3.05, 3.63) is 29.8 Å². The van der Waals surface area contributed by atoms with Crippen molar-refractivity contribution in [2.24, 2.45) is 5.92 Å². The summed E-state index contributed by atoms with van der Waals surface area (Å²) in [5.41, 5.74) is 1.78. The molecule has 86 valence electrons. The van der Waals surface area contributed by atoms with Crippen molar-refractivity contribution in [1.29, 1.82) is 0 Å². The number of aliphatic hydroxyl groups is 1. The zero-order valence-electron chi connectivity index (χ0n) is 9.47. The van der Waals surface area contributed by atoms with Crippen LogP contribution in [0.25, 0.3) is 0 Å². The lowest BCUT2D eigenvalue weighted by atomic mass is 10.0. The van der Waals surface area contributed by atoms with Gasteiger partial charge in [-0.25, -0.2) is 0 Å². The molecule has 0 aliphatic carbocycles. The Morgan fingerprint density at radius 1 is 1.44 bits per heavy atom. The first kappa shape index (κ1) is 11.1. The fourth-order valence-corrected chi connectivity index (χ4v) is 2.35. The van der Waals surface area contributed by atoms with E-state index in [1.807, 2.05) is 24.3 Å². The molecule has 0 bridgehead atoms. The van der Waals surface area contributed by atoms with Crippen LogP contribution in [0.4, 0.5) is 5.69 Å². The van der Waals surface area contributed by atoms with Gasteiger partial charge in [-0.1, -0.05) is 6.92 Å². The van der Waals surface area contributed by atoms with E-state index in [1.165, 1.54) is 0 Å². The Bertz CT molecular complexity index is 361. The zero-order valence-corrected chi connectivity index (χ0v) is 9.47. The van der Waals surface area contributed by atoms with E-state index >= 15 is 0 Å². The van der Waals surface area contributed by atoms with Crippen molar-refractivity contribution in [3.8, 4) is 0 Å². The summed E-state index contributed by atoms with van der Waals surface area (Å²) < 4.78 is 0. The highest BCUT2D eigenvalue weighted by Crippen LogP contribution is 2.29. The molecule has 1 heterocycles. The van der Waals surface area contributed by atoms with Crippen LogP contribution in [0.15, 0.2) is 24.3 Å². The number of nitrogens with zero attached hydrogens (tertiary/aromatic N) is 1. The molecular formula is C13H17NO2. The van der Waals surface area contributed by atoms with E-state index in [0.29, 0.717) is 11.5 Å². The first-order valence-corrected chi connectivity index (χ1v) is 5.69. The van der Waals surface area contributed by atoms with Gasteiger partial charge in [-0.05, 0) is 36.6 Å². The Morgan fingerprint density at radius 2 is 2.12 bits per heavy atom. The predicted molar refractivity (Wildman–Crippen MR) is 63.8 cm³/mol. The van der Waals surface area contributed by atoms with Gasteiger partial charge in [0.05, 0.1) is 12.6 Å². The Morgan fingerprint density at radius 3 is 2.69 bits per heavy atom. The third-order valence-corrected chi connectivity index (χ3v) is 3.43. The molecule has 1 N–H and O–H groups in total. The minimum atomic E-state index is 0.191. The second kappa shape index (κ2) is 4.66. The normalized spacial score (nSPS) is 24.8. The summed E-state index contributed by atoms with van der Waals surface area (Å²) in [6.07, 6.45) is 1.96. The molecule has 0 radical (unpaired) electrons. The van der Waals surface area contributed by atoms with Crippen LogP contribution in [0.2, 0.25) is 0 Å². The highest BCUT2D eigenvalue weighted by molar-refractivity contribution is 5.75. The number of carbonyl (C=O) groups excluding carboxylic acids is 1. The van der Waals surface area contributed by atoms with E-state index in [1.54, 1.807) is 0 Å². The third kappa shape index (κ3) is 1.95. The van der Waals surface area contributed by atoms with E-state index in [2.05, 4.69) is 11.8 Å². The molecule has 0 aromatic heterocycles. The molecule has 1 fully saturated rings. The van der Waals surface area contributed by atoms with Crippen molar-refractivity contribution in [2.75, 3.05) is 18.1 Å². The van der Waals surface area contributed by atoms with Crippen LogP contribution in [-0.2, 0) is 0 Å². The van der Waals surface area contributed by atoms with Crippen LogP contribution in [0.3, 0.4) is 0 Å². The van der Waals surface area contributed by atoms with Gasteiger partial charge in [0.1, 0.15) is 6.29 Å². The Kier molecular flexibility index (Phi) is 3.25. The summed E-state index contributed by atoms with van der Waals surface area (Å²) in [7, 11) is 0. The number of hydrogen-bond donors (Lipinski definition) is 1. The number of aliphatic hydroxyl groups excluding tert-OH is 1. The van der Waals surface area contributed by atoms with E-state index in [9.17, 15) is 9.90 Å². The van der Waals surface area contributed by atoms with Gasteiger partial charge in [0.2, 0.25) is 0 Å². The maximum Gasteiger partial charge on any atom is 0.150 e. The largest absolute Gasteiger partial charge is 0.394 e. The topological polar surface area (TPSA) is 40.5 Å². The average molecular weight is 219 g/mol. The molecular weight excluding hydrogens is 202 g/mol. The number of hydrogen-bond acceptors (Lipinski definition) is 3. The van der Waals surface area contributed by atoms with Gasteiger partial charge in [0, 0.05) is 17.8 Å². The number of anilines is 1. The molecule has 1 aliphatic rings.